The van der Waals surface area contributed by atoms with Crippen molar-refractivity contribution in [2.45, 2.75) is 31.8 Å². The minimum Gasteiger partial charge on any atom is -0.323 e. The van der Waals surface area contributed by atoms with Crippen molar-refractivity contribution in [3.8, 4) is 12.3 Å². The maximum Gasteiger partial charge on any atom is 0.254 e. The molecule has 0 aliphatic carbocycles. The summed E-state index contributed by atoms with van der Waals surface area (Å²) in [5, 5.41) is 0. The predicted molar refractivity (Wildman–Crippen MR) is 132 cm³/mol. The molecule has 0 bridgehead atoms. The van der Waals surface area contributed by atoms with E-state index in [1.165, 1.54) is 31.2 Å². The van der Waals surface area contributed by atoms with E-state index in [2.05, 4.69) is 10.6 Å². The molecular weight excluding hydrogens is 448 g/mol. The zero-order valence-corrected chi connectivity index (χ0v) is 19.9. The van der Waals surface area contributed by atoms with Crippen LogP contribution in [0.4, 0.5) is 0 Å². The average Bonchev–Trinajstić information content (AvgIpc) is 2.84. The van der Waals surface area contributed by atoms with Crippen LogP contribution in [0.3, 0.4) is 0 Å². The lowest BCUT2D eigenvalue weighted by atomic mass is 10.1. The van der Waals surface area contributed by atoms with Gasteiger partial charge in [0.15, 0.2) is 5.78 Å². The summed E-state index contributed by atoms with van der Waals surface area (Å²) >= 11 is 0. The molecular formula is C27H26N2O4S. The number of carbonyl (C=O) groups excluding carboxylic acids is 2. The second-order valence-corrected chi connectivity index (χ2v) is 9.72. The Morgan fingerprint density at radius 1 is 0.882 bits per heavy atom. The molecule has 0 fully saturated rings. The molecule has 0 aromatic heterocycles. The van der Waals surface area contributed by atoms with Gasteiger partial charge in [-0.05, 0) is 49.2 Å². The fraction of sp³-hybridized carbons (Fsp3) is 0.185. The maximum absolute atomic E-state index is 13.0. The molecule has 3 aromatic carbocycles. The number of ketones is 1. The van der Waals surface area contributed by atoms with E-state index in [1.807, 2.05) is 31.2 Å². The van der Waals surface area contributed by atoms with E-state index in [9.17, 15) is 18.0 Å². The van der Waals surface area contributed by atoms with Crippen LogP contribution in [0, 0.1) is 19.3 Å². The molecule has 3 aromatic rings. The lowest BCUT2D eigenvalue weighted by molar-refractivity contribution is 0.0765. The number of Topliss-reactive ketones (excluding diaryl/α,β-unsaturated/α-hetero) is 1. The SMILES string of the molecule is C#CCN(Cc1ccc(C)cc1)C(=O)c1ccc(CNS(=O)(=O)c2ccc(C(C)=O)cc2)cc1. The van der Waals surface area contributed by atoms with Crippen LogP contribution in [0.15, 0.2) is 77.7 Å². The number of hydrogen-bond acceptors (Lipinski definition) is 4. The molecule has 6 nitrogen and oxygen atoms in total. The van der Waals surface area contributed by atoms with Gasteiger partial charge < -0.3 is 4.90 Å². The van der Waals surface area contributed by atoms with Crippen LogP contribution in [0.5, 0.6) is 0 Å². The normalized spacial score (nSPS) is 11.0. The van der Waals surface area contributed by atoms with Gasteiger partial charge in [-0.25, -0.2) is 13.1 Å². The van der Waals surface area contributed by atoms with Gasteiger partial charge in [-0.15, -0.1) is 6.42 Å². The van der Waals surface area contributed by atoms with Crippen molar-refractivity contribution in [3.63, 3.8) is 0 Å². The van der Waals surface area contributed by atoms with Gasteiger partial charge in [-0.2, -0.15) is 0 Å². The zero-order chi connectivity index (χ0) is 24.7. The molecule has 0 unspecified atom stereocenters. The summed E-state index contributed by atoms with van der Waals surface area (Å²) in [7, 11) is -3.74. The number of amides is 1. The van der Waals surface area contributed by atoms with Crippen molar-refractivity contribution in [2.24, 2.45) is 0 Å². The van der Waals surface area contributed by atoms with Crippen LogP contribution >= 0.6 is 0 Å². The Balaban J connectivity index is 1.66. The van der Waals surface area contributed by atoms with Crippen LogP contribution < -0.4 is 4.72 Å². The second kappa shape index (κ2) is 10.9. The van der Waals surface area contributed by atoms with Crippen molar-refractivity contribution in [3.05, 3.63) is 101 Å². The monoisotopic (exact) mass is 474 g/mol. The first kappa shape index (κ1) is 24.9. The van der Waals surface area contributed by atoms with E-state index < -0.39 is 10.0 Å². The topological polar surface area (TPSA) is 83.6 Å². The lowest BCUT2D eigenvalue weighted by Gasteiger charge is -2.21. The highest BCUT2D eigenvalue weighted by atomic mass is 32.2. The highest BCUT2D eigenvalue weighted by Crippen LogP contribution is 2.14. The molecule has 0 saturated carbocycles. The number of sulfonamides is 1. The first-order valence-electron chi connectivity index (χ1n) is 10.7. The summed E-state index contributed by atoms with van der Waals surface area (Å²) in [4.78, 5) is 26.0. The number of nitrogens with zero attached hydrogens (tertiary/aromatic N) is 1. The summed E-state index contributed by atoms with van der Waals surface area (Å²) in [6, 6.07) is 20.4. The Bertz CT molecular complexity index is 1310. The summed E-state index contributed by atoms with van der Waals surface area (Å²) in [6.45, 7) is 4.05. The largest absolute Gasteiger partial charge is 0.323 e. The van der Waals surface area contributed by atoms with Gasteiger partial charge in [0.2, 0.25) is 10.0 Å². The van der Waals surface area contributed by atoms with Gasteiger partial charge in [0.1, 0.15) is 0 Å². The smallest absolute Gasteiger partial charge is 0.254 e. The Kier molecular flexibility index (Phi) is 8.00. The molecule has 0 atom stereocenters. The van der Waals surface area contributed by atoms with Crippen molar-refractivity contribution in [1.82, 2.24) is 9.62 Å². The Morgan fingerprint density at radius 3 is 2.00 bits per heavy atom. The highest BCUT2D eigenvalue weighted by Gasteiger charge is 2.17. The number of terminal acetylenes is 1. The molecule has 0 aliphatic rings. The number of rotatable bonds is 9. The van der Waals surface area contributed by atoms with Crippen molar-refractivity contribution in [2.75, 3.05) is 6.54 Å². The third-order valence-electron chi connectivity index (χ3n) is 5.30. The molecule has 0 aliphatic heterocycles. The third kappa shape index (κ3) is 6.41. The molecule has 1 N–H and O–H groups in total. The van der Waals surface area contributed by atoms with Gasteiger partial charge in [-0.3, -0.25) is 9.59 Å². The first-order valence-corrected chi connectivity index (χ1v) is 12.2. The van der Waals surface area contributed by atoms with E-state index >= 15 is 0 Å². The van der Waals surface area contributed by atoms with Crippen LogP contribution in [0.25, 0.3) is 0 Å². The Labute approximate surface area is 200 Å². The minimum atomic E-state index is -3.74. The first-order chi connectivity index (χ1) is 16.2. The fourth-order valence-electron chi connectivity index (χ4n) is 3.30. The molecule has 1 amide bonds. The Hall–Kier alpha value is -3.73. The van der Waals surface area contributed by atoms with Gasteiger partial charge in [0.05, 0.1) is 11.4 Å². The summed E-state index contributed by atoms with van der Waals surface area (Å²) in [6.07, 6.45) is 5.47. The summed E-state index contributed by atoms with van der Waals surface area (Å²) in [5.41, 5.74) is 3.73. The van der Waals surface area contributed by atoms with E-state index in [1.54, 1.807) is 29.2 Å². The summed E-state index contributed by atoms with van der Waals surface area (Å²) in [5.74, 6) is 2.20. The zero-order valence-electron chi connectivity index (χ0n) is 19.1. The molecule has 34 heavy (non-hydrogen) atoms. The average molecular weight is 475 g/mol. The van der Waals surface area contributed by atoms with E-state index in [0.717, 1.165) is 11.1 Å². The lowest BCUT2D eigenvalue weighted by Crippen LogP contribution is -2.31. The van der Waals surface area contributed by atoms with Gasteiger partial charge >= 0.3 is 0 Å². The molecule has 0 heterocycles. The summed E-state index contributed by atoms with van der Waals surface area (Å²) < 4.78 is 27.6. The fourth-order valence-corrected chi connectivity index (χ4v) is 4.32. The van der Waals surface area contributed by atoms with E-state index in [-0.39, 0.29) is 29.7 Å². The molecule has 0 spiro atoms. The van der Waals surface area contributed by atoms with Gasteiger partial charge in [0.25, 0.3) is 5.91 Å². The number of aryl methyl sites for hydroxylation is 1. The van der Waals surface area contributed by atoms with Gasteiger partial charge in [0, 0.05) is 24.2 Å². The van der Waals surface area contributed by atoms with Crippen LogP contribution in [-0.4, -0.2) is 31.6 Å². The second-order valence-electron chi connectivity index (χ2n) is 7.95. The molecule has 174 valence electrons. The number of benzene rings is 3. The van der Waals surface area contributed by atoms with Crippen molar-refractivity contribution < 1.29 is 18.0 Å². The van der Waals surface area contributed by atoms with E-state index in [0.29, 0.717) is 23.2 Å². The van der Waals surface area contributed by atoms with Crippen LogP contribution in [0.2, 0.25) is 0 Å². The standard InChI is InChI=1S/C27H26N2O4S/c1-4-17-29(19-23-7-5-20(2)6-8-23)27(31)25-11-9-22(10-12-25)18-28-34(32,33)26-15-13-24(14-16-26)21(3)30/h1,5-16,28H,17-19H2,2-3H3. The molecule has 0 saturated heterocycles. The molecule has 7 heteroatoms. The quantitative estimate of drug-likeness (QED) is 0.376. The number of hydrogen-bond donors (Lipinski definition) is 1. The minimum absolute atomic E-state index is 0.0582. The Morgan fingerprint density at radius 2 is 1.44 bits per heavy atom. The predicted octanol–water partition coefficient (Wildman–Crippen LogP) is 3.95. The molecule has 0 radical (unpaired) electrons. The number of carbonyl (C=O) groups is 2. The van der Waals surface area contributed by atoms with Crippen molar-refractivity contribution >= 4 is 21.7 Å². The van der Waals surface area contributed by atoms with Crippen LogP contribution in [-0.2, 0) is 23.1 Å². The van der Waals surface area contributed by atoms with Crippen LogP contribution in [0.1, 0.15) is 44.3 Å². The third-order valence-corrected chi connectivity index (χ3v) is 6.72. The molecule has 3 rings (SSSR count). The van der Waals surface area contributed by atoms with E-state index in [4.69, 9.17) is 6.42 Å². The number of nitrogens with one attached hydrogen (secondary N) is 1. The van der Waals surface area contributed by atoms with Gasteiger partial charge in [-0.1, -0.05) is 60.0 Å². The van der Waals surface area contributed by atoms with Crippen molar-refractivity contribution in [1.29, 1.82) is 0 Å². The maximum atomic E-state index is 13.0. The highest BCUT2D eigenvalue weighted by molar-refractivity contribution is 7.89.